The van der Waals surface area contributed by atoms with Crippen molar-refractivity contribution in [3.63, 3.8) is 0 Å². The molecule has 0 aromatic rings. The largest absolute Gasteiger partial charge is 0.392 e. The summed E-state index contributed by atoms with van der Waals surface area (Å²) in [6.45, 7) is 4.11. The first-order valence-electron chi connectivity index (χ1n) is 3.02. The van der Waals surface area contributed by atoms with Gasteiger partial charge in [-0.15, -0.1) is 0 Å². The quantitative estimate of drug-likeness (QED) is 0.587. The van der Waals surface area contributed by atoms with Crippen LogP contribution in [0.5, 0.6) is 0 Å². The second-order valence-electron chi connectivity index (χ2n) is 2.17. The Kier molecular flexibility index (Phi) is 3.24. The molecule has 3 N–H and O–H groups in total. The maximum Gasteiger partial charge on any atom is 0.132 e. The molecular weight excluding hydrogens is 116 g/mol. The van der Waals surface area contributed by atoms with Crippen molar-refractivity contribution < 1.29 is 4.84 Å². The highest BCUT2D eigenvalue weighted by Crippen LogP contribution is 2.11. The molecule has 0 bridgehead atoms. The van der Waals surface area contributed by atoms with Crippen LogP contribution in [0.1, 0.15) is 26.7 Å². The van der Waals surface area contributed by atoms with Crippen molar-refractivity contribution in [1.82, 2.24) is 6.15 Å². The fourth-order valence-electron chi connectivity index (χ4n) is 0.787. The van der Waals surface area contributed by atoms with Crippen molar-refractivity contribution in [1.29, 1.82) is 0 Å². The second-order valence-corrected chi connectivity index (χ2v) is 2.17. The van der Waals surface area contributed by atoms with Crippen molar-refractivity contribution in [2.24, 2.45) is 5.16 Å². The van der Waals surface area contributed by atoms with Gasteiger partial charge in [-0.2, -0.15) is 0 Å². The number of hydrogen-bond acceptors (Lipinski definition) is 3. The van der Waals surface area contributed by atoms with Crippen molar-refractivity contribution >= 4 is 5.71 Å². The van der Waals surface area contributed by atoms with Crippen molar-refractivity contribution in [3.05, 3.63) is 0 Å². The van der Waals surface area contributed by atoms with Crippen LogP contribution in [0.25, 0.3) is 0 Å². The number of hydrogen-bond donors (Lipinski definition) is 1. The van der Waals surface area contributed by atoms with E-state index in [1.54, 1.807) is 0 Å². The van der Waals surface area contributed by atoms with E-state index in [0.29, 0.717) is 6.10 Å². The summed E-state index contributed by atoms with van der Waals surface area (Å²) in [5, 5.41) is 3.81. The molecule has 0 aromatic heterocycles. The van der Waals surface area contributed by atoms with Gasteiger partial charge in [-0.05, 0) is 13.3 Å². The predicted octanol–water partition coefficient (Wildman–Crippen LogP) is 1.72. The van der Waals surface area contributed by atoms with Crippen LogP contribution in [0, 0.1) is 0 Å². The third-order valence-electron chi connectivity index (χ3n) is 1.34. The zero-order valence-electron chi connectivity index (χ0n) is 6.05. The lowest BCUT2D eigenvalue weighted by molar-refractivity contribution is 0.0829. The minimum absolute atomic E-state index is 0. The Morgan fingerprint density at radius 2 is 2.44 bits per heavy atom. The van der Waals surface area contributed by atoms with E-state index in [4.69, 9.17) is 4.84 Å². The van der Waals surface area contributed by atoms with E-state index in [1.165, 1.54) is 0 Å². The molecule has 0 unspecified atom stereocenters. The second kappa shape index (κ2) is 3.45. The van der Waals surface area contributed by atoms with Crippen LogP contribution in [-0.4, -0.2) is 11.8 Å². The van der Waals surface area contributed by atoms with Crippen LogP contribution in [-0.2, 0) is 4.84 Å². The van der Waals surface area contributed by atoms with Crippen molar-refractivity contribution in [2.75, 3.05) is 0 Å². The molecular formula is C6H14N2O. The molecule has 1 rings (SSSR count). The highest BCUT2D eigenvalue weighted by atomic mass is 16.6. The molecule has 9 heavy (non-hydrogen) atoms. The van der Waals surface area contributed by atoms with E-state index < -0.39 is 0 Å². The molecule has 0 radical (unpaired) electrons. The molecule has 54 valence electrons. The zero-order valence-corrected chi connectivity index (χ0v) is 6.05. The maximum absolute atomic E-state index is 5.00. The van der Waals surface area contributed by atoms with Gasteiger partial charge in [-0.3, -0.25) is 0 Å². The zero-order chi connectivity index (χ0) is 5.98. The average molecular weight is 130 g/mol. The molecule has 0 aliphatic carbocycles. The SMILES string of the molecule is CC[C@H]1CC(C)=NO1.N. The maximum atomic E-state index is 5.00. The summed E-state index contributed by atoms with van der Waals surface area (Å²) >= 11 is 0. The van der Waals surface area contributed by atoms with E-state index in [0.717, 1.165) is 18.6 Å². The molecule has 3 heteroatoms. The van der Waals surface area contributed by atoms with Gasteiger partial charge in [0.25, 0.3) is 0 Å². The fourth-order valence-corrected chi connectivity index (χ4v) is 0.787. The Bertz CT molecular complexity index is 112. The first-order chi connectivity index (χ1) is 3.83. The van der Waals surface area contributed by atoms with Crippen LogP contribution in [0.3, 0.4) is 0 Å². The van der Waals surface area contributed by atoms with Gasteiger partial charge in [0.15, 0.2) is 0 Å². The van der Waals surface area contributed by atoms with Gasteiger partial charge >= 0.3 is 0 Å². The third-order valence-corrected chi connectivity index (χ3v) is 1.34. The molecule has 0 saturated carbocycles. The van der Waals surface area contributed by atoms with Crippen LogP contribution in [0.2, 0.25) is 0 Å². The van der Waals surface area contributed by atoms with E-state index in [-0.39, 0.29) is 6.15 Å². The summed E-state index contributed by atoms with van der Waals surface area (Å²) in [4.78, 5) is 5.00. The summed E-state index contributed by atoms with van der Waals surface area (Å²) < 4.78 is 0. The third kappa shape index (κ3) is 2.01. The van der Waals surface area contributed by atoms with E-state index in [1.807, 2.05) is 6.92 Å². The van der Waals surface area contributed by atoms with Crippen molar-refractivity contribution in [3.8, 4) is 0 Å². The Balaban J connectivity index is 0.000000640. The van der Waals surface area contributed by atoms with Gasteiger partial charge in [0.1, 0.15) is 6.10 Å². The normalized spacial score (nSPS) is 24.2. The summed E-state index contributed by atoms with van der Waals surface area (Å²) in [6, 6.07) is 0. The highest BCUT2D eigenvalue weighted by molar-refractivity contribution is 5.82. The molecule has 1 atom stereocenters. The Labute approximate surface area is 55.7 Å². The summed E-state index contributed by atoms with van der Waals surface area (Å²) in [5.74, 6) is 0. The molecule has 0 fully saturated rings. The molecule has 1 aliphatic heterocycles. The smallest absolute Gasteiger partial charge is 0.132 e. The fraction of sp³-hybridized carbons (Fsp3) is 0.833. The first-order valence-corrected chi connectivity index (χ1v) is 3.02. The molecule has 0 aromatic carbocycles. The Morgan fingerprint density at radius 3 is 2.67 bits per heavy atom. The summed E-state index contributed by atoms with van der Waals surface area (Å²) in [6.07, 6.45) is 2.46. The first kappa shape index (κ1) is 8.43. The minimum atomic E-state index is 0. The topological polar surface area (TPSA) is 56.6 Å². The predicted molar refractivity (Wildman–Crippen MR) is 37.9 cm³/mol. The molecule has 3 nitrogen and oxygen atoms in total. The average Bonchev–Trinajstić information content (AvgIpc) is 2.14. The number of rotatable bonds is 1. The minimum Gasteiger partial charge on any atom is -0.392 e. The van der Waals surface area contributed by atoms with Gasteiger partial charge in [-0.1, -0.05) is 12.1 Å². The lowest BCUT2D eigenvalue weighted by Gasteiger charge is -2.00. The van der Waals surface area contributed by atoms with Crippen LogP contribution >= 0.6 is 0 Å². The van der Waals surface area contributed by atoms with Gasteiger partial charge in [0, 0.05) is 6.42 Å². The molecule has 0 saturated heterocycles. The lowest BCUT2D eigenvalue weighted by Crippen LogP contribution is -2.03. The Morgan fingerprint density at radius 1 is 1.78 bits per heavy atom. The summed E-state index contributed by atoms with van der Waals surface area (Å²) in [5.41, 5.74) is 1.12. The van der Waals surface area contributed by atoms with Crippen LogP contribution in [0.15, 0.2) is 5.16 Å². The van der Waals surface area contributed by atoms with Crippen molar-refractivity contribution in [2.45, 2.75) is 32.8 Å². The molecule has 1 aliphatic rings. The van der Waals surface area contributed by atoms with Crippen LogP contribution in [0.4, 0.5) is 0 Å². The van der Waals surface area contributed by atoms with Crippen LogP contribution < -0.4 is 6.15 Å². The standard InChI is InChI=1S/C6H11NO.H3N/c1-3-6-4-5(2)7-8-6;/h6H,3-4H2,1-2H3;1H3/t6-;/m0./s1. The number of oxime groups is 1. The van der Waals surface area contributed by atoms with E-state index >= 15 is 0 Å². The summed E-state index contributed by atoms with van der Waals surface area (Å²) in [7, 11) is 0. The van der Waals surface area contributed by atoms with Gasteiger partial charge in [-0.25, -0.2) is 0 Å². The molecule has 0 spiro atoms. The molecule has 0 amide bonds. The van der Waals surface area contributed by atoms with Gasteiger partial charge in [0.05, 0.1) is 5.71 Å². The number of nitrogens with zero attached hydrogens (tertiary/aromatic N) is 1. The monoisotopic (exact) mass is 130 g/mol. The van der Waals surface area contributed by atoms with Gasteiger partial charge < -0.3 is 11.0 Å². The lowest BCUT2D eigenvalue weighted by atomic mass is 10.2. The van der Waals surface area contributed by atoms with E-state index in [2.05, 4.69) is 12.1 Å². The Hall–Kier alpha value is -0.570. The highest BCUT2D eigenvalue weighted by Gasteiger charge is 2.14. The van der Waals surface area contributed by atoms with Gasteiger partial charge in [0.2, 0.25) is 0 Å². The van der Waals surface area contributed by atoms with E-state index in [9.17, 15) is 0 Å². The molecule has 1 heterocycles.